The summed E-state index contributed by atoms with van der Waals surface area (Å²) in [5, 5.41) is 0. The minimum absolute atomic E-state index is 0.169. The molecule has 1 heterocycles. The molecule has 6 heteroatoms. The van der Waals surface area contributed by atoms with Gasteiger partial charge in [0.1, 0.15) is 0 Å². The Morgan fingerprint density at radius 1 is 0.771 bits per heavy atom. The van der Waals surface area contributed by atoms with E-state index in [0.29, 0.717) is 5.56 Å². The first-order valence-electron chi connectivity index (χ1n) is 11.2. The molecule has 0 amide bonds. The maximum absolute atomic E-state index is 12.6. The first-order chi connectivity index (χ1) is 16.7. The zero-order valence-electron chi connectivity index (χ0n) is 19.8. The fourth-order valence-electron chi connectivity index (χ4n) is 4.28. The lowest BCUT2D eigenvalue weighted by atomic mass is 9.83. The zero-order chi connectivity index (χ0) is 25.2. The van der Waals surface area contributed by atoms with E-state index in [2.05, 4.69) is 0 Å². The lowest BCUT2D eigenvalue weighted by Crippen LogP contribution is -2.25. The van der Waals surface area contributed by atoms with Crippen molar-refractivity contribution in [2.45, 2.75) is 19.3 Å². The van der Waals surface area contributed by atoms with Crippen molar-refractivity contribution in [3.63, 3.8) is 0 Å². The first-order valence-corrected chi connectivity index (χ1v) is 11.2. The molecule has 0 saturated heterocycles. The van der Waals surface area contributed by atoms with Crippen LogP contribution < -0.4 is 4.90 Å². The van der Waals surface area contributed by atoms with Crippen LogP contribution in [0.3, 0.4) is 0 Å². The standard InChI is InChI=1S/C29H25NO5/c1-29(2)23-11-7-8-12-24(23)30(3)25(29)17-22(31)18-35-28(34)21-15-13-20(14-16-21)27(33)26(32)19-9-5-4-6-10-19/h4-17H,18H2,1-3H3/b25-17+. The molecule has 0 spiro atoms. The van der Waals surface area contributed by atoms with Gasteiger partial charge in [0.25, 0.3) is 0 Å². The second kappa shape index (κ2) is 9.50. The van der Waals surface area contributed by atoms with Gasteiger partial charge in [-0.05, 0) is 23.8 Å². The van der Waals surface area contributed by atoms with Gasteiger partial charge in [-0.15, -0.1) is 0 Å². The van der Waals surface area contributed by atoms with Crippen molar-refractivity contribution in [1.29, 1.82) is 0 Å². The number of para-hydroxylation sites is 1. The molecule has 0 N–H and O–H groups in total. The van der Waals surface area contributed by atoms with E-state index < -0.39 is 24.1 Å². The van der Waals surface area contributed by atoms with Crippen LogP contribution in [0.15, 0.2) is 90.6 Å². The molecule has 0 bridgehead atoms. The Morgan fingerprint density at radius 3 is 1.94 bits per heavy atom. The highest BCUT2D eigenvalue weighted by molar-refractivity contribution is 6.49. The van der Waals surface area contributed by atoms with Crippen LogP contribution in [-0.2, 0) is 14.9 Å². The summed E-state index contributed by atoms with van der Waals surface area (Å²) in [6, 6.07) is 21.8. The third-order valence-electron chi connectivity index (χ3n) is 6.21. The number of rotatable bonds is 7. The summed E-state index contributed by atoms with van der Waals surface area (Å²) in [4.78, 5) is 51.8. The van der Waals surface area contributed by atoms with Gasteiger partial charge in [0.05, 0.1) is 5.56 Å². The Balaban J connectivity index is 1.39. The van der Waals surface area contributed by atoms with Gasteiger partial charge in [0.2, 0.25) is 11.6 Å². The predicted octanol–water partition coefficient (Wildman–Crippen LogP) is 4.79. The molecular formula is C29H25NO5. The van der Waals surface area contributed by atoms with E-state index in [-0.39, 0.29) is 22.3 Å². The van der Waals surface area contributed by atoms with Gasteiger partial charge in [-0.2, -0.15) is 0 Å². The SMILES string of the molecule is CN1/C(=C/C(=O)COC(=O)c2ccc(C(=O)C(=O)c3ccccc3)cc2)C(C)(C)c2ccccc21. The number of benzene rings is 3. The number of anilines is 1. The fraction of sp³-hybridized carbons (Fsp3) is 0.172. The second-order valence-electron chi connectivity index (χ2n) is 8.87. The molecule has 0 fully saturated rings. The van der Waals surface area contributed by atoms with Crippen molar-refractivity contribution in [2.75, 3.05) is 18.6 Å². The third kappa shape index (κ3) is 4.68. The number of hydrogen-bond donors (Lipinski definition) is 0. The topological polar surface area (TPSA) is 80.8 Å². The van der Waals surface area contributed by atoms with Gasteiger partial charge in [-0.3, -0.25) is 14.4 Å². The minimum atomic E-state index is -0.688. The average molecular weight is 468 g/mol. The van der Waals surface area contributed by atoms with E-state index in [1.807, 2.05) is 50.1 Å². The van der Waals surface area contributed by atoms with Crippen molar-refractivity contribution in [3.8, 4) is 0 Å². The van der Waals surface area contributed by atoms with Gasteiger partial charge in [0, 0.05) is 41.1 Å². The number of esters is 1. The Labute approximate surface area is 203 Å². The van der Waals surface area contributed by atoms with Crippen molar-refractivity contribution in [3.05, 3.63) is 113 Å². The summed E-state index contributed by atoms with van der Waals surface area (Å²) in [5.41, 5.74) is 3.28. The summed E-state index contributed by atoms with van der Waals surface area (Å²) in [7, 11) is 1.91. The molecule has 0 radical (unpaired) electrons. The number of carbonyl (C=O) groups excluding carboxylic acids is 4. The highest BCUT2D eigenvalue weighted by Crippen LogP contribution is 2.46. The van der Waals surface area contributed by atoms with E-state index in [4.69, 9.17) is 4.74 Å². The van der Waals surface area contributed by atoms with E-state index in [1.54, 1.807) is 30.3 Å². The van der Waals surface area contributed by atoms with Crippen molar-refractivity contribution < 1.29 is 23.9 Å². The van der Waals surface area contributed by atoms with Crippen LogP contribution in [-0.4, -0.2) is 37.0 Å². The predicted molar refractivity (Wildman–Crippen MR) is 133 cm³/mol. The van der Waals surface area contributed by atoms with Gasteiger partial charge in [0.15, 0.2) is 12.4 Å². The number of allylic oxidation sites excluding steroid dienone is 1. The van der Waals surface area contributed by atoms with Gasteiger partial charge in [-0.25, -0.2) is 4.79 Å². The Bertz CT molecular complexity index is 1340. The van der Waals surface area contributed by atoms with Crippen LogP contribution in [0.1, 0.15) is 50.5 Å². The Kier molecular flexibility index (Phi) is 6.47. The number of carbonyl (C=O) groups is 4. The summed E-state index contributed by atoms with van der Waals surface area (Å²) in [5.74, 6) is -2.31. The molecule has 4 rings (SSSR count). The number of ketones is 3. The van der Waals surface area contributed by atoms with Crippen LogP contribution in [0.5, 0.6) is 0 Å². The molecule has 0 unspecified atom stereocenters. The number of fused-ring (bicyclic) bond motifs is 1. The molecule has 0 aliphatic carbocycles. The number of ether oxygens (including phenoxy) is 1. The van der Waals surface area contributed by atoms with Gasteiger partial charge >= 0.3 is 5.97 Å². The highest BCUT2D eigenvalue weighted by atomic mass is 16.5. The molecule has 176 valence electrons. The largest absolute Gasteiger partial charge is 0.454 e. The smallest absolute Gasteiger partial charge is 0.338 e. The maximum atomic E-state index is 12.6. The molecule has 0 saturated carbocycles. The molecule has 3 aromatic carbocycles. The zero-order valence-corrected chi connectivity index (χ0v) is 19.8. The molecule has 6 nitrogen and oxygen atoms in total. The number of Topliss-reactive ketones (excluding diaryl/α,β-unsaturated/α-hetero) is 2. The summed E-state index contributed by atoms with van der Waals surface area (Å²) in [6.07, 6.45) is 1.52. The fourth-order valence-corrected chi connectivity index (χ4v) is 4.28. The summed E-state index contributed by atoms with van der Waals surface area (Å²) in [6.45, 7) is 3.69. The van der Waals surface area contributed by atoms with Gasteiger partial charge in [-0.1, -0.05) is 74.5 Å². The van der Waals surface area contributed by atoms with Crippen molar-refractivity contribution >= 4 is 29.0 Å². The van der Waals surface area contributed by atoms with E-state index >= 15 is 0 Å². The van der Waals surface area contributed by atoms with Crippen LogP contribution in [0.4, 0.5) is 5.69 Å². The highest BCUT2D eigenvalue weighted by Gasteiger charge is 2.38. The molecule has 0 atom stereocenters. The summed E-state index contributed by atoms with van der Waals surface area (Å²) < 4.78 is 5.19. The average Bonchev–Trinajstić information content (AvgIpc) is 3.07. The van der Waals surface area contributed by atoms with Crippen LogP contribution >= 0.6 is 0 Å². The van der Waals surface area contributed by atoms with Crippen molar-refractivity contribution in [2.24, 2.45) is 0 Å². The normalized spacial score (nSPS) is 14.9. The second-order valence-corrected chi connectivity index (χ2v) is 8.87. The Hall–Kier alpha value is -4.32. The number of likely N-dealkylation sites (N-methyl/N-ethyl adjacent to an activating group) is 1. The van der Waals surface area contributed by atoms with E-state index in [9.17, 15) is 19.2 Å². The number of nitrogens with zero attached hydrogens (tertiary/aromatic N) is 1. The monoisotopic (exact) mass is 467 g/mol. The van der Waals surface area contributed by atoms with Gasteiger partial charge < -0.3 is 9.64 Å². The van der Waals surface area contributed by atoms with Crippen LogP contribution in [0.2, 0.25) is 0 Å². The molecule has 3 aromatic rings. The van der Waals surface area contributed by atoms with Crippen LogP contribution in [0.25, 0.3) is 0 Å². The lowest BCUT2D eigenvalue weighted by molar-refractivity contribution is -0.117. The number of hydrogen-bond acceptors (Lipinski definition) is 6. The van der Waals surface area contributed by atoms with Crippen LogP contribution in [0, 0.1) is 0 Å². The summed E-state index contributed by atoms with van der Waals surface area (Å²) >= 11 is 0. The molecule has 35 heavy (non-hydrogen) atoms. The van der Waals surface area contributed by atoms with E-state index in [0.717, 1.165) is 16.9 Å². The quantitative estimate of drug-likeness (QED) is 0.215. The Morgan fingerprint density at radius 2 is 1.31 bits per heavy atom. The van der Waals surface area contributed by atoms with E-state index in [1.165, 1.54) is 30.3 Å². The lowest BCUT2D eigenvalue weighted by Gasteiger charge is -2.23. The maximum Gasteiger partial charge on any atom is 0.338 e. The third-order valence-corrected chi connectivity index (χ3v) is 6.21. The molecule has 1 aliphatic heterocycles. The van der Waals surface area contributed by atoms with Crippen molar-refractivity contribution in [1.82, 2.24) is 0 Å². The molecule has 1 aliphatic rings. The minimum Gasteiger partial charge on any atom is -0.454 e. The molecular weight excluding hydrogens is 442 g/mol. The molecule has 0 aromatic heterocycles. The first kappa shape index (κ1) is 23.8.